The van der Waals surface area contributed by atoms with E-state index in [-0.39, 0.29) is 28.4 Å². The second-order valence-corrected chi connectivity index (χ2v) is 8.61. The predicted molar refractivity (Wildman–Crippen MR) is 110 cm³/mol. The van der Waals surface area contributed by atoms with Crippen LogP contribution in [0.3, 0.4) is 0 Å². The Morgan fingerprint density at radius 2 is 2.00 bits per heavy atom. The van der Waals surface area contributed by atoms with E-state index in [2.05, 4.69) is 4.98 Å². The monoisotopic (exact) mass is 454 g/mol. The van der Waals surface area contributed by atoms with E-state index in [9.17, 15) is 22.8 Å². The largest absolute Gasteiger partial charge is 0.433 e. The summed E-state index contributed by atoms with van der Waals surface area (Å²) in [5.41, 5.74) is 1.66. The fourth-order valence-electron chi connectivity index (χ4n) is 4.49. The molecule has 0 radical (unpaired) electrons. The molecule has 1 fully saturated rings. The van der Waals surface area contributed by atoms with Crippen LogP contribution in [0, 0.1) is 12.8 Å². The van der Waals surface area contributed by atoms with Crippen LogP contribution in [0.1, 0.15) is 41.9 Å². The van der Waals surface area contributed by atoms with Gasteiger partial charge in [-0.25, -0.2) is 0 Å². The molecule has 2 aromatic heterocycles. The quantitative estimate of drug-likeness (QED) is 0.709. The van der Waals surface area contributed by atoms with Crippen LogP contribution in [-0.2, 0) is 24.6 Å². The molecule has 0 aromatic carbocycles. The van der Waals surface area contributed by atoms with Crippen molar-refractivity contribution >= 4 is 23.2 Å². The lowest BCUT2D eigenvalue weighted by Gasteiger charge is -2.41. The summed E-state index contributed by atoms with van der Waals surface area (Å²) in [4.78, 5) is 32.2. The van der Waals surface area contributed by atoms with Crippen LogP contribution in [0.5, 0.6) is 0 Å². The number of rotatable bonds is 3. The number of carbonyl (C=O) groups excluding carboxylic acids is 1. The summed E-state index contributed by atoms with van der Waals surface area (Å²) in [6.45, 7) is 5.06. The fourth-order valence-corrected chi connectivity index (χ4v) is 4.72. The molecule has 0 spiro atoms. The number of anilines is 1. The second kappa shape index (κ2) is 7.55. The van der Waals surface area contributed by atoms with Gasteiger partial charge in [0, 0.05) is 55.6 Å². The van der Waals surface area contributed by atoms with Gasteiger partial charge in [-0.1, -0.05) is 11.6 Å². The molecule has 1 atom stereocenters. The summed E-state index contributed by atoms with van der Waals surface area (Å²) >= 11 is 6.17. The van der Waals surface area contributed by atoms with Gasteiger partial charge in [0.25, 0.3) is 5.56 Å². The van der Waals surface area contributed by atoms with E-state index >= 15 is 0 Å². The van der Waals surface area contributed by atoms with Gasteiger partial charge in [0.1, 0.15) is 10.7 Å². The Morgan fingerprint density at radius 1 is 1.32 bits per heavy atom. The van der Waals surface area contributed by atoms with E-state index in [0.717, 1.165) is 23.5 Å². The smallest absolute Gasteiger partial charge is 0.371 e. The highest BCUT2D eigenvalue weighted by Gasteiger charge is 2.38. The lowest BCUT2D eigenvalue weighted by atomic mass is 9.94. The number of hydrogen-bond acceptors (Lipinski definition) is 4. The molecule has 4 heterocycles. The number of nitrogens with zero attached hydrogens (tertiary/aromatic N) is 4. The Hall–Kier alpha value is -2.55. The Labute approximate surface area is 182 Å². The first-order valence-corrected chi connectivity index (χ1v) is 10.3. The van der Waals surface area contributed by atoms with E-state index < -0.39 is 11.9 Å². The molecule has 31 heavy (non-hydrogen) atoms. The summed E-state index contributed by atoms with van der Waals surface area (Å²) in [6.07, 6.45) is -3.04. The van der Waals surface area contributed by atoms with Crippen molar-refractivity contribution in [2.75, 3.05) is 18.0 Å². The van der Waals surface area contributed by atoms with E-state index in [1.165, 1.54) is 4.57 Å². The summed E-state index contributed by atoms with van der Waals surface area (Å²) in [5, 5.41) is 0.174. The number of carbonyl (C=O) groups is 1. The molecule has 6 nitrogen and oxygen atoms in total. The minimum absolute atomic E-state index is 0.0398. The van der Waals surface area contributed by atoms with E-state index in [1.807, 2.05) is 11.8 Å². The molecule has 0 bridgehead atoms. The Bertz CT molecular complexity index is 1110. The number of aromatic nitrogens is 2. The number of amides is 1. The average molecular weight is 455 g/mol. The number of halogens is 4. The van der Waals surface area contributed by atoms with Crippen molar-refractivity contribution in [2.45, 2.75) is 39.0 Å². The van der Waals surface area contributed by atoms with Gasteiger partial charge >= 0.3 is 6.18 Å². The Balaban J connectivity index is 1.42. The SMILES string of the molecule is Cc1c2c(n(C)c(=O)c1Cl)CN(C(=O)CC1CN(c3ccnc(C(F)(F)F)c3)C1)C2C. The number of hydrogen-bond donors (Lipinski definition) is 0. The van der Waals surface area contributed by atoms with Crippen LogP contribution in [0.4, 0.5) is 18.9 Å². The molecule has 10 heteroatoms. The number of pyridine rings is 2. The molecule has 1 saturated heterocycles. The lowest BCUT2D eigenvalue weighted by molar-refractivity contribution is -0.141. The molecular weight excluding hydrogens is 433 g/mol. The number of alkyl halides is 3. The van der Waals surface area contributed by atoms with Crippen LogP contribution in [-0.4, -0.2) is 33.4 Å². The van der Waals surface area contributed by atoms with Crippen molar-refractivity contribution in [1.29, 1.82) is 0 Å². The molecule has 1 amide bonds. The maximum Gasteiger partial charge on any atom is 0.433 e. The first kappa shape index (κ1) is 21.7. The van der Waals surface area contributed by atoms with Gasteiger partial charge in [-0.3, -0.25) is 14.6 Å². The summed E-state index contributed by atoms with van der Waals surface area (Å²) in [6, 6.07) is 2.38. The van der Waals surface area contributed by atoms with Gasteiger partial charge in [0.15, 0.2) is 0 Å². The summed E-state index contributed by atoms with van der Waals surface area (Å²) < 4.78 is 40.1. The normalized spacial score (nSPS) is 18.9. The summed E-state index contributed by atoms with van der Waals surface area (Å²) in [7, 11) is 1.65. The third-order valence-corrected chi connectivity index (χ3v) is 6.73. The molecule has 166 valence electrons. The topological polar surface area (TPSA) is 58.4 Å². The molecule has 2 aliphatic rings. The maximum absolute atomic E-state index is 13.0. The molecule has 2 aliphatic heterocycles. The third-order valence-electron chi connectivity index (χ3n) is 6.29. The molecule has 0 N–H and O–H groups in total. The van der Waals surface area contributed by atoms with Gasteiger partial charge in [-0.15, -0.1) is 0 Å². The van der Waals surface area contributed by atoms with Crippen LogP contribution in [0.25, 0.3) is 0 Å². The molecule has 2 aromatic rings. The zero-order valence-electron chi connectivity index (χ0n) is 17.3. The lowest BCUT2D eigenvalue weighted by Crippen LogP contribution is -2.49. The third kappa shape index (κ3) is 3.69. The van der Waals surface area contributed by atoms with Crippen LogP contribution in [0.2, 0.25) is 5.02 Å². The number of fused-ring (bicyclic) bond motifs is 1. The van der Waals surface area contributed by atoms with Crippen LogP contribution in [0.15, 0.2) is 23.1 Å². The van der Waals surface area contributed by atoms with E-state index in [1.54, 1.807) is 24.9 Å². The van der Waals surface area contributed by atoms with Crippen molar-refractivity contribution in [3.8, 4) is 0 Å². The van der Waals surface area contributed by atoms with Gasteiger partial charge < -0.3 is 14.4 Å². The first-order chi connectivity index (χ1) is 14.5. The zero-order chi connectivity index (χ0) is 22.7. The van der Waals surface area contributed by atoms with Crippen molar-refractivity contribution in [3.05, 3.63) is 56.2 Å². The predicted octanol–water partition coefficient (Wildman–Crippen LogP) is 3.69. The standard InChI is InChI=1S/C21H22ClF3N4O2/c1-11-18-12(2)29(10-15(18)27(3)20(31)19(11)22)17(30)6-13-8-28(9-13)14-4-5-26-16(7-14)21(23,24)25/h4-5,7,12-13H,6,8-10H2,1-3H3. The zero-order valence-corrected chi connectivity index (χ0v) is 18.1. The average Bonchev–Trinajstić information content (AvgIpc) is 3.04. The highest BCUT2D eigenvalue weighted by atomic mass is 35.5. The van der Waals surface area contributed by atoms with Gasteiger partial charge in [-0.05, 0) is 31.5 Å². The van der Waals surface area contributed by atoms with Crippen LogP contribution >= 0.6 is 11.6 Å². The van der Waals surface area contributed by atoms with Gasteiger partial charge in [0.2, 0.25) is 5.91 Å². The first-order valence-electron chi connectivity index (χ1n) is 9.94. The minimum Gasteiger partial charge on any atom is -0.371 e. The molecule has 0 aliphatic carbocycles. The Kier molecular flexibility index (Phi) is 5.28. The van der Waals surface area contributed by atoms with Gasteiger partial charge in [-0.2, -0.15) is 13.2 Å². The molecule has 4 rings (SSSR count). The maximum atomic E-state index is 13.0. The van der Waals surface area contributed by atoms with Crippen molar-refractivity contribution in [3.63, 3.8) is 0 Å². The molecular formula is C21H22ClF3N4O2. The van der Waals surface area contributed by atoms with Gasteiger partial charge in [0.05, 0.1) is 12.6 Å². The summed E-state index contributed by atoms with van der Waals surface area (Å²) in [5.74, 6) is 0.0152. The van der Waals surface area contributed by atoms with Crippen molar-refractivity contribution in [1.82, 2.24) is 14.5 Å². The molecule has 0 saturated carbocycles. The molecule has 1 unspecified atom stereocenters. The van der Waals surface area contributed by atoms with Crippen molar-refractivity contribution in [2.24, 2.45) is 13.0 Å². The highest BCUT2D eigenvalue weighted by molar-refractivity contribution is 6.31. The minimum atomic E-state index is -4.49. The Morgan fingerprint density at radius 3 is 2.65 bits per heavy atom. The van der Waals surface area contributed by atoms with E-state index in [0.29, 0.717) is 37.3 Å². The van der Waals surface area contributed by atoms with Crippen molar-refractivity contribution < 1.29 is 18.0 Å². The van der Waals surface area contributed by atoms with E-state index in [4.69, 9.17) is 11.6 Å². The highest BCUT2D eigenvalue weighted by Crippen LogP contribution is 2.38. The second-order valence-electron chi connectivity index (χ2n) is 8.23. The van der Waals surface area contributed by atoms with Crippen LogP contribution < -0.4 is 10.5 Å². The fraction of sp³-hybridized carbons (Fsp3) is 0.476.